The van der Waals surface area contributed by atoms with E-state index in [0.717, 1.165) is 31.7 Å². The lowest BCUT2D eigenvalue weighted by Crippen LogP contribution is -2.11. The maximum atomic E-state index is 10.9. The van der Waals surface area contributed by atoms with Gasteiger partial charge in [-0.15, -0.1) is 0 Å². The Hall–Kier alpha value is -1.55. The van der Waals surface area contributed by atoms with E-state index >= 15 is 0 Å². The molecule has 1 fully saturated rings. The van der Waals surface area contributed by atoms with Crippen molar-refractivity contribution in [1.82, 2.24) is 0 Å². The predicted molar refractivity (Wildman–Crippen MR) is 71.7 cm³/mol. The van der Waals surface area contributed by atoms with Crippen molar-refractivity contribution in [2.24, 2.45) is 5.73 Å². The fraction of sp³-hybridized carbons (Fsp3) is 0.500. The third kappa shape index (κ3) is 3.74. The van der Waals surface area contributed by atoms with Gasteiger partial charge in [0.25, 0.3) is 0 Å². The Morgan fingerprint density at radius 1 is 1.39 bits per heavy atom. The molecule has 1 heterocycles. The van der Waals surface area contributed by atoms with E-state index in [0.29, 0.717) is 11.7 Å². The quantitative estimate of drug-likeness (QED) is 0.758. The van der Waals surface area contributed by atoms with Crippen LogP contribution in [-0.4, -0.2) is 25.2 Å². The van der Waals surface area contributed by atoms with E-state index in [1.54, 1.807) is 12.1 Å². The smallest absolute Gasteiger partial charge is 0.248 e. The van der Waals surface area contributed by atoms with Crippen LogP contribution in [0.15, 0.2) is 24.3 Å². The summed E-state index contributed by atoms with van der Waals surface area (Å²) in [5, 5.41) is 3.33. The zero-order valence-corrected chi connectivity index (χ0v) is 10.5. The molecule has 0 spiro atoms. The Bertz CT molecular complexity index is 383. The SMILES string of the molecule is NC(=O)c1ccc(NCCCC2CCCO2)cc1. The molecule has 1 aromatic carbocycles. The highest BCUT2D eigenvalue weighted by atomic mass is 16.5. The summed E-state index contributed by atoms with van der Waals surface area (Å²) >= 11 is 0. The second kappa shape index (κ2) is 6.40. The number of nitrogens with two attached hydrogens (primary N) is 1. The number of ether oxygens (including phenoxy) is 1. The Morgan fingerprint density at radius 3 is 2.78 bits per heavy atom. The average molecular weight is 248 g/mol. The number of nitrogens with one attached hydrogen (secondary N) is 1. The van der Waals surface area contributed by atoms with Gasteiger partial charge in [0.2, 0.25) is 5.91 Å². The third-order valence-electron chi connectivity index (χ3n) is 3.23. The molecule has 1 atom stereocenters. The molecule has 1 saturated heterocycles. The van der Waals surface area contributed by atoms with Crippen LogP contribution >= 0.6 is 0 Å². The van der Waals surface area contributed by atoms with Crippen LogP contribution in [0.4, 0.5) is 5.69 Å². The fourth-order valence-electron chi connectivity index (χ4n) is 2.19. The molecule has 18 heavy (non-hydrogen) atoms. The Morgan fingerprint density at radius 2 is 2.17 bits per heavy atom. The molecule has 1 unspecified atom stereocenters. The summed E-state index contributed by atoms with van der Waals surface area (Å²) in [4.78, 5) is 10.9. The van der Waals surface area contributed by atoms with Gasteiger partial charge >= 0.3 is 0 Å². The van der Waals surface area contributed by atoms with E-state index in [4.69, 9.17) is 10.5 Å². The van der Waals surface area contributed by atoms with Crippen molar-refractivity contribution in [3.63, 3.8) is 0 Å². The van der Waals surface area contributed by atoms with Gasteiger partial charge in [0.15, 0.2) is 0 Å². The second-order valence-electron chi connectivity index (χ2n) is 4.65. The fourth-order valence-corrected chi connectivity index (χ4v) is 2.19. The maximum absolute atomic E-state index is 10.9. The molecule has 0 saturated carbocycles. The molecule has 1 aliphatic heterocycles. The number of hydrogen-bond acceptors (Lipinski definition) is 3. The number of carbonyl (C=O) groups excluding carboxylic acids is 1. The van der Waals surface area contributed by atoms with Gasteiger partial charge in [-0.3, -0.25) is 4.79 Å². The van der Waals surface area contributed by atoms with Gasteiger partial charge in [0, 0.05) is 24.4 Å². The summed E-state index contributed by atoms with van der Waals surface area (Å²) in [5.74, 6) is -0.389. The highest BCUT2D eigenvalue weighted by Crippen LogP contribution is 2.17. The van der Waals surface area contributed by atoms with Crippen LogP contribution < -0.4 is 11.1 Å². The van der Waals surface area contributed by atoms with Gasteiger partial charge in [-0.1, -0.05) is 0 Å². The molecule has 2 rings (SSSR count). The van der Waals surface area contributed by atoms with Crippen molar-refractivity contribution in [2.75, 3.05) is 18.5 Å². The standard InChI is InChI=1S/C14H20N2O2/c15-14(17)11-5-7-12(8-6-11)16-9-1-3-13-4-2-10-18-13/h5-8,13,16H,1-4,9-10H2,(H2,15,17). The predicted octanol–water partition coefficient (Wildman–Crippen LogP) is 2.16. The molecular weight excluding hydrogens is 228 g/mol. The van der Waals surface area contributed by atoms with Gasteiger partial charge in [0.1, 0.15) is 0 Å². The van der Waals surface area contributed by atoms with Gasteiger partial charge in [-0.2, -0.15) is 0 Å². The number of rotatable bonds is 6. The summed E-state index contributed by atoms with van der Waals surface area (Å²) in [6.45, 7) is 1.85. The average Bonchev–Trinajstić information content (AvgIpc) is 2.88. The van der Waals surface area contributed by atoms with Crippen molar-refractivity contribution in [3.05, 3.63) is 29.8 Å². The first-order valence-electron chi connectivity index (χ1n) is 6.51. The van der Waals surface area contributed by atoms with E-state index in [9.17, 15) is 4.79 Å². The Kier molecular flexibility index (Phi) is 4.59. The molecule has 1 amide bonds. The molecule has 0 aromatic heterocycles. The summed E-state index contributed by atoms with van der Waals surface area (Å²) < 4.78 is 5.57. The van der Waals surface area contributed by atoms with Crippen LogP contribution in [0, 0.1) is 0 Å². The molecule has 3 N–H and O–H groups in total. The number of carbonyl (C=O) groups is 1. The van der Waals surface area contributed by atoms with Crippen LogP contribution in [0.3, 0.4) is 0 Å². The van der Waals surface area contributed by atoms with Gasteiger partial charge in [0.05, 0.1) is 6.10 Å². The summed E-state index contributed by atoms with van der Waals surface area (Å²) in [7, 11) is 0. The lowest BCUT2D eigenvalue weighted by atomic mass is 10.1. The molecule has 98 valence electrons. The van der Waals surface area contributed by atoms with E-state index in [1.165, 1.54) is 12.8 Å². The van der Waals surface area contributed by atoms with E-state index < -0.39 is 0 Å². The molecule has 0 bridgehead atoms. The third-order valence-corrected chi connectivity index (χ3v) is 3.23. The normalized spacial score (nSPS) is 18.8. The molecule has 4 heteroatoms. The van der Waals surface area contributed by atoms with Crippen molar-refractivity contribution in [2.45, 2.75) is 31.8 Å². The minimum Gasteiger partial charge on any atom is -0.385 e. The molecule has 4 nitrogen and oxygen atoms in total. The molecular formula is C14H20N2O2. The highest BCUT2D eigenvalue weighted by Gasteiger charge is 2.14. The minimum atomic E-state index is -0.389. The van der Waals surface area contributed by atoms with Crippen molar-refractivity contribution in [3.8, 4) is 0 Å². The lowest BCUT2D eigenvalue weighted by molar-refractivity contribution is 0.1000. The zero-order chi connectivity index (χ0) is 12.8. The number of anilines is 1. The monoisotopic (exact) mass is 248 g/mol. The van der Waals surface area contributed by atoms with E-state index in [2.05, 4.69) is 5.32 Å². The van der Waals surface area contributed by atoms with E-state index in [-0.39, 0.29) is 5.91 Å². The summed E-state index contributed by atoms with van der Waals surface area (Å²) in [5.41, 5.74) is 6.74. The van der Waals surface area contributed by atoms with Crippen LogP contribution in [-0.2, 0) is 4.74 Å². The van der Waals surface area contributed by atoms with Crippen molar-refractivity contribution >= 4 is 11.6 Å². The second-order valence-corrected chi connectivity index (χ2v) is 4.65. The molecule has 1 aliphatic rings. The number of hydrogen-bond donors (Lipinski definition) is 2. The highest BCUT2D eigenvalue weighted by molar-refractivity contribution is 5.93. The molecule has 0 radical (unpaired) electrons. The number of primary amides is 1. The minimum absolute atomic E-state index is 0.389. The van der Waals surface area contributed by atoms with Gasteiger partial charge in [-0.05, 0) is 49.9 Å². The van der Waals surface area contributed by atoms with Crippen LogP contribution in [0.5, 0.6) is 0 Å². The summed E-state index contributed by atoms with van der Waals surface area (Å²) in [6, 6.07) is 7.24. The Balaban J connectivity index is 1.68. The first-order valence-corrected chi connectivity index (χ1v) is 6.51. The van der Waals surface area contributed by atoms with Crippen molar-refractivity contribution in [1.29, 1.82) is 0 Å². The van der Waals surface area contributed by atoms with Crippen LogP contribution in [0.1, 0.15) is 36.0 Å². The van der Waals surface area contributed by atoms with E-state index in [1.807, 2.05) is 12.1 Å². The largest absolute Gasteiger partial charge is 0.385 e. The topological polar surface area (TPSA) is 64.4 Å². The maximum Gasteiger partial charge on any atom is 0.248 e. The Labute approximate surface area is 108 Å². The first kappa shape index (κ1) is 12.9. The van der Waals surface area contributed by atoms with Gasteiger partial charge in [-0.25, -0.2) is 0 Å². The number of amides is 1. The molecule has 0 aliphatic carbocycles. The zero-order valence-electron chi connectivity index (χ0n) is 10.5. The first-order chi connectivity index (χ1) is 8.75. The van der Waals surface area contributed by atoms with Crippen LogP contribution in [0.25, 0.3) is 0 Å². The number of benzene rings is 1. The molecule has 1 aromatic rings. The lowest BCUT2D eigenvalue weighted by Gasteiger charge is -2.10. The van der Waals surface area contributed by atoms with Gasteiger partial charge < -0.3 is 15.8 Å². The summed E-state index contributed by atoms with van der Waals surface area (Å²) in [6.07, 6.45) is 5.08. The van der Waals surface area contributed by atoms with Crippen molar-refractivity contribution < 1.29 is 9.53 Å². The van der Waals surface area contributed by atoms with Crippen LogP contribution in [0.2, 0.25) is 0 Å².